The monoisotopic (exact) mass is 148 g/mol. The van der Waals surface area contributed by atoms with Gasteiger partial charge in [0, 0.05) is 0 Å². The van der Waals surface area contributed by atoms with Crippen LogP contribution in [0.25, 0.3) is 0 Å². The summed E-state index contributed by atoms with van der Waals surface area (Å²) >= 11 is 4.72. The predicted molar refractivity (Wildman–Crippen MR) is 40.5 cm³/mol. The fraction of sp³-hybridized carbons (Fsp3) is 0.833. The first-order chi connectivity index (χ1) is 3.98. The molecule has 3 heteroatoms. The third kappa shape index (κ3) is 3.43. The minimum atomic E-state index is -0.981. The van der Waals surface area contributed by atoms with E-state index < -0.39 is 5.60 Å². The Balaban J connectivity index is 3.74. The van der Waals surface area contributed by atoms with E-state index in [2.05, 4.69) is 0 Å². The molecule has 0 aliphatic heterocycles. The molecule has 0 rings (SSSR count). The highest BCUT2D eigenvalue weighted by Gasteiger charge is 2.19. The number of ether oxygens (including phenoxy) is 1. The number of hydrogen-bond acceptors (Lipinski definition) is 3. The molecule has 0 heterocycles. The van der Waals surface area contributed by atoms with Crippen LogP contribution in [-0.4, -0.2) is 22.4 Å². The Morgan fingerprint density at radius 1 is 1.67 bits per heavy atom. The SMILES string of the molecule is CCOC(=S)C(C)(C)O. The Morgan fingerprint density at radius 2 is 2.11 bits per heavy atom. The van der Waals surface area contributed by atoms with Crippen LogP contribution in [-0.2, 0) is 4.74 Å². The minimum absolute atomic E-state index is 0.255. The van der Waals surface area contributed by atoms with Crippen molar-refractivity contribution < 1.29 is 9.84 Å². The maximum absolute atomic E-state index is 9.15. The quantitative estimate of drug-likeness (QED) is 0.595. The van der Waals surface area contributed by atoms with Gasteiger partial charge in [0.25, 0.3) is 0 Å². The van der Waals surface area contributed by atoms with Crippen molar-refractivity contribution in [2.45, 2.75) is 26.4 Å². The fourth-order valence-corrected chi connectivity index (χ4v) is 0.426. The highest BCUT2D eigenvalue weighted by Crippen LogP contribution is 2.05. The van der Waals surface area contributed by atoms with Gasteiger partial charge in [-0.05, 0) is 33.0 Å². The zero-order valence-electron chi connectivity index (χ0n) is 5.97. The summed E-state index contributed by atoms with van der Waals surface area (Å²) in [5, 5.41) is 9.41. The van der Waals surface area contributed by atoms with Crippen LogP contribution in [0.15, 0.2) is 0 Å². The first-order valence-electron chi connectivity index (χ1n) is 2.88. The fourth-order valence-electron chi connectivity index (χ4n) is 0.308. The summed E-state index contributed by atoms with van der Waals surface area (Å²) in [5.41, 5.74) is -0.981. The van der Waals surface area contributed by atoms with Gasteiger partial charge in [-0.1, -0.05) is 0 Å². The van der Waals surface area contributed by atoms with Gasteiger partial charge in [0.05, 0.1) is 6.61 Å². The number of aliphatic hydroxyl groups is 1. The molecular weight excluding hydrogens is 136 g/mol. The summed E-state index contributed by atoms with van der Waals surface area (Å²) in [5.74, 6) is 0. The molecule has 1 N–H and O–H groups in total. The van der Waals surface area contributed by atoms with Gasteiger partial charge in [0.15, 0.2) is 5.05 Å². The summed E-state index contributed by atoms with van der Waals surface area (Å²) in [6.45, 7) is 5.55. The Bertz CT molecular complexity index is 104. The highest BCUT2D eigenvalue weighted by atomic mass is 32.1. The molecule has 0 radical (unpaired) electrons. The zero-order valence-corrected chi connectivity index (χ0v) is 6.79. The molecule has 0 aliphatic rings. The number of thiocarbonyl (C=S) groups is 1. The van der Waals surface area contributed by atoms with Gasteiger partial charge in [-0.3, -0.25) is 0 Å². The Kier molecular flexibility index (Phi) is 3.08. The lowest BCUT2D eigenvalue weighted by Crippen LogP contribution is -2.31. The van der Waals surface area contributed by atoms with Crippen LogP contribution in [0.3, 0.4) is 0 Å². The van der Waals surface area contributed by atoms with Crippen molar-refractivity contribution in [1.29, 1.82) is 0 Å². The average Bonchev–Trinajstić information content (AvgIpc) is 1.64. The number of hydrogen-bond donors (Lipinski definition) is 1. The molecule has 0 fully saturated rings. The molecule has 0 spiro atoms. The third-order valence-corrected chi connectivity index (χ3v) is 1.39. The first-order valence-corrected chi connectivity index (χ1v) is 3.29. The van der Waals surface area contributed by atoms with E-state index in [1.54, 1.807) is 13.8 Å². The van der Waals surface area contributed by atoms with E-state index in [4.69, 9.17) is 22.1 Å². The molecule has 0 amide bonds. The van der Waals surface area contributed by atoms with E-state index in [1.165, 1.54) is 0 Å². The molecule has 0 bridgehead atoms. The Labute approximate surface area is 60.8 Å². The topological polar surface area (TPSA) is 29.5 Å². The Hall–Kier alpha value is -0.150. The Morgan fingerprint density at radius 3 is 2.22 bits per heavy atom. The van der Waals surface area contributed by atoms with Crippen LogP contribution in [0, 0.1) is 0 Å². The lowest BCUT2D eigenvalue weighted by atomic mass is 10.2. The molecule has 0 aromatic heterocycles. The van der Waals surface area contributed by atoms with Gasteiger partial charge in [-0.2, -0.15) is 0 Å². The van der Waals surface area contributed by atoms with Crippen molar-refractivity contribution in [3.05, 3.63) is 0 Å². The summed E-state index contributed by atoms with van der Waals surface area (Å²) in [6, 6.07) is 0. The molecule has 0 atom stereocenters. The maximum Gasteiger partial charge on any atom is 0.191 e. The second-order valence-corrected chi connectivity index (χ2v) is 2.65. The smallest absolute Gasteiger partial charge is 0.191 e. The van der Waals surface area contributed by atoms with Crippen LogP contribution in [0.2, 0.25) is 0 Å². The van der Waals surface area contributed by atoms with Gasteiger partial charge >= 0.3 is 0 Å². The molecule has 0 unspecified atom stereocenters. The van der Waals surface area contributed by atoms with E-state index in [0.29, 0.717) is 6.61 Å². The first kappa shape index (κ1) is 8.85. The van der Waals surface area contributed by atoms with E-state index in [9.17, 15) is 0 Å². The normalized spacial score (nSPS) is 11.1. The molecule has 0 saturated heterocycles. The lowest BCUT2D eigenvalue weighted by molar-refractivity contribution is 0.121. The molecular formula is C6H12O2S. The van der Waals surface area contributed by atoms with Crippen molar-refractivity contribution in [3.63, 3.8) is 0 Å². The maximum atomic E-state index is 9.15. The molecule has 0 saturated carbocycles. The summed E-state index contributed by atoms with van der Waals surface area (Å²) in [7, 11) is 0. The van der Waals surface area contributed by atoms with Gasteiger partial charge in [0.2, 0.25) is 0 Å². The van der Waals surface area contributed by atoms with Crippen LogP contribution in [0.5, 0.6) is 0 Å². The summed E-state index contributed by atoms with van der Waals surface area (Å²) < 4.78 is 4.89. The van der Waals surface area contributed by atoms with Crippen molar-refractivity contribution in [2.24, 2.45) is 0 Å². The van der Waals surface area contributed by atoms with Crippen molar-refractivity contribution in [1.82, 2.24) is 0 Å². The van der Waals surface area contributed by atoms with Crippen LogP contribution < -0.4 is 0 Å². The van der Waals surface area contributed by atoms with E-state index >= 15 is 0 Å². The standard InChI is InChI=1S/C6H12O2S/c1-4-8-5(9)6(2,3)7/h7H,4H2,1-3H3. The molecule has 9 heavy (non-hydrogen) atoms. The second-order valence-electron chi connectivity index (χ2n) is 2.28. The van der Waals surface area contributed by atoms with Crippen molar-refractivity contribution in [2.75, 3.05) is 6.61 Å². The van der Waals surface area contributed by atoms with E-state index in [1.807, 2.05) is 6.92 Å². The largest absolute Gasteiger partial charge is 0.485 e. The molecule has 0 aromatic rings. The zero-order chi connectivity index (χ0) is 7.49. The van der Waals surface area contributed by atoms with Crippen LogP contribution in [0.1, 0.15) is 20.8 Å². The summed E-state index contributed by atoms with van der Waals surface area (Å²) in [4.78, 5) is 0. The van der Waals surface area contributed by atoms with Crippen molar-refractivity contribution in [3.8, 4) is 0 Å². The van der Waals surface area contributed by atoms with Crippen LogP contribution >= 0.6 is 12.2 Å². The third-order valence-electron chi connectivity index (χ3n) is 0.775. The van der Waals surface area contributed by atoms with Gasteiger partial charge in [-0.25, -0.2) is 0 Å². The molecule has 2 nitrogen and oxygen atoms in total. The molecule has 0 aliphatic carbocycles. The van der Waals surface area contributed by atoms with Crippen LogP contribution in [0.4, 0.5) is 0 Å². The van der Waals surface area contributed by atoms with E-state index in [-0.39, 0.29) is 5.05 Å². The van der Waals surface area contributed by atoms with E-state index in [0.717, 1.165) is 0 Å². The number of rotatable bonds is 2. The molecule has 0 aromatic carbocycles. The summed E-state index contributed by atoms with van der Waals surface area (Å²) in [6.07, 6.45) is 0. The molecule has 54 valence electrons. The van der Waals surface area contributed by atoms with Gasteiger partial charge in [0.1, 0.15) is 5.60 Å². The predicted octanol–water partition coefficient (Wildman–Crippen LogP) is 1.12. The average molecular weight is 148 g/mol. The van der Waals surface area contributed by atoms with Gasteiger partial charge in [-0.15, -0.1) is 0 Å². The minimum Gasteiger partial charge on any atom is -0.485 e. The lowest BCUT2D eigenvalue weighted by Gasteiger charge is -2.17. The second kappa shape index (κ2) is 3.13. The van der Waals surface area contributed by atoms with Gasteiger partial charge < -0.3 is 9.84 Å². The highest BCUT2D eigenvalue weighted by molar-refractivity contribution is 7.80. The van der Waals surface area contributed by atoms with Crippen molar-refractivity contribution >= 4 is 17.3 Å².